The molecule has 0 saturated heterocycles. The van der Waals surface area contributed by atoms with Crippen LogP contribution in [-0.4, -0.2) is 29.0 Å². The molecule has 0 radical (unpaired) electrons. The van der Waals surface area contributed by atoms with Crippen molar-refractivity contribution < 1.29 is 0 Å². The molecule has 0 saturated carbocycles. The molecule has 2 rings (SSSR count). The summed E-state index contributed by atoms with van der Waals surface area (Å²) >= 11 is 0. The molecule has 0 bridgehead atoms. The SMILES string of the molecule is CN(C)c1ccc(-c2cc(N)ncn2)cn1. The highest BCUT2D eigenvalue weighted by molar-refractivity contribution is 5.61. The quantitative estimate of drug-likeness (QED) is 0.814. The topological polar surface area (TPSA) is 67.9 Å². The van der Waals surface area contributed by atoms with E-state index in [4.69, 9.17) is 5.73 Å². The monoisotopic (exact) mass is 215 g/mol. The third-order valence-electron chi connectivity index (χ3n) is 2.19. The van der Waals surface area contributed by atoms with Gasteiger partial charge >= 0.3 is 0 Å². The lowest BCUT2D eigenvalue weighted by Crippen LogP contribution is -2.10. The molecular formula is C11H13N5. The van der Waals surface area contributed by atoms with Crippen molar-refractivity contribution in [1.29, 1.82) is 0 Å². The van der Waals surface area contributed by atoms with E-state index in [1.54, 1.807) is 12.3 Å². The zero-order valence-corrected chi connectivity index (χ0v) is 9.25. The maximum Gasteiger partial charge on any atom is 0.127 e. The summed E-state index contributed by atoms with van der Waals surface area (Å²) in [6.45, 7) is 0. The second-order valence-corrected chi connectivity index (χ2v) is 3.63. The second-order valence-electron chi connectivity index (χ2n) is 3.63. The third kappa shape index (κ3) is 2.08. The highest BCUT2D eigenvalue weighted by Crippen LogP contribution is 2.18. The normalized spacial score (nSPS) is 10.1. The van der Waals surface area contributed by atoms with E-state index in [1.807, 2.05) is 31.1 Å². The first-order valence-corrected chi connectivity index (χ1v) is 4.88. The average Bonchev–Trinajstić information content (AvgIpc) is 2.29. The molecule has 82 valence electrons. The Balaban J connectivity index is 2.35. The number of nitrogen functional groups attached to an aromatic ring is 1. The van der Waals surface area contributed by atoms with Gasteiger partial charge in [0.05, 0.1) is 5.69 Å². The zero-order valence-electron chi connectivity index (χ0n) is 9.25. The van der Waals surface area contributed by atoms with Crippen LogP contribution in [0.25, 0.3) is 11.3 Å². The van der Waals surface area contributed by atoms with E-state index in [9.17, 15) is 0 Å². The molecule has 5 nitrogen and oxygen atoms in total. The Morgan fingerprint density at radius 2 is 1.94 bits per heavy atom. The van der Waals surface area contributed by atoms with E-state index >= 15 is 0 Å². The molecule has 0 aliphatic rings. The van der Waals surface area contributed by atoms with Gasteiger partial charge in [0.1, 0.15) is 18.0 Å². The summed E-state index contributed by atoms with van der Waals surface area (Å²) in [4.78, 5) is 14.2. The molecule has 0 aliphatic carbocycles. The lowest BCUT2D eigenvalue weighted by molar-refractivity contribution is 1.07. The Kier molecular flexibility index (Phi) is 2.68. The highest BCUT2D eigenvalue weighted by Gasteiger charge is 2.02. The van der Waals surface area contributed by atoms with Gasteiger partial charge in [0.2, 0.25) is 0 Å². The van der Waals surface area contributed by atoms with Crippen LogP contribution in [-0.2, 0) is 0 Å². The molecule has 2 heterocycles. The summed E-state index contributed by atoms with van der Waals surface area (Å²) in [5.41, 5.74) is 7.31. The average molecular weight is 215 g/mol. The molecule has 2 aromatic heterocycles. The first-order valence-electron chi connectivity index (χ1n) is 4.88. The number of nitrogens with zero attached hydrogens (tertiary/aromatic N) is 4. The van der Waals surface area contributed by atoms with Gasteiger partial charge in [-0.1, -0.05) is 0 Å². The number of pyridine rings is 1. The fraction of sp³-hybridized carbons (Fsp3) is 0.182. The largest absolute Gasteiger partial charge is 0.384 e. The number of hydrogen-bond acceptors (Lipinski definition) is 5. The minimum atomic E-state index is 0.460. The van der Waals surface area contributed by atoms with E-state index in [-0.39, 0.29) is 0 Å². The van der Waals surface area contributed by atoms with Crippen LogP contribution in [0.15, 0.2) is 30.7 Å². The fourth-order valence-electron chi connectivity index (χ4n) is 1.33. The molecule has 0 spiro atoms. The van der Waals surface area contributed by atoms with Crippen LogP contribution < -0.4 is 10.6 Å². The van der Waals surface area contributed by atoms with Crippen molar-refractivity contribution in [2.24, 2.45) is 0 Å². The maximum absolute atomic E-state index is 5.59. The van der Waals surface area contributed by atoms with Gasteiger partial charge in [-0.2, -0.15) is 0 Å². The smallest absolute Gasteiger partial charge is 0.127 e. The van der Waals surface area contributed by atoms with Gasteiger partial charge in [-0.05, 0) is 12.1 Å². The molecule has 2 aromatic rings. The van der Waals surface area contributed by atoms with Crippen molar-refractivity contribution >= 4 is 11.6 Å². The van der Waals surface area contributed by atoms with Crippen molar-refractivity contribution in [1.82, 2.24) is 15.0 Å². The van der Waals surface area contributed by atoms with E-state index in [0.29, 0.717) is 5.82 Å². The first kappa shape index (κ1) is 10.4. The first-order chi connectivity index (χ1) is 7.66. The van der Waals surface area contributed by atoms with E-state index in [2.05, 4.69) is 15.0 Å². The van der Waals surface area contributed by atoms with Crippen LogP contribution in [0.1, 0.15) is 0 Å². The molecule has 2 N–H and O–H groups in total. The van der Waals surface area contributed by atoms with Gasteiger partial charge in [0.25, 0.3) is 0 Å². The van der Waals surface area contributed by atoms with Crippen LogP contribution in [0.5, 0.6) is 0 Å². The summed E-state index contributed by atoms with van der Waals surface area (Å²) in [6.07, 6.45) is 3.22. The van der Waals surface area contributed by atoms with E-state index in [0.717, 1.165) is 17.1 Å². The van der Waals surface area contributed by atoms with Gasteiger partial charge in [0.15, 0.2) is 0 Å². The van der Waals surface area contributed by atoms with Crippen LogP contribution >= 0.6 is 0 Å². The van der Waals surface area contributed by atoms with Crippen molar-refractivity contribution in [2.75, 3.05) is 24.7 Å². The number of nitrogens with two attached hydrogens (primary N) is 1. The molecule has 16 heavy (non-hydrogen) atoms. The molecule has 0 aromatic carbocycles. The lowest BCUT2D eigenvalue weighted by atomic mass is 10.2. The van der Waals surface area contributed by atoms with Crippen LogP contribution in [0.2, 0.25) is 0 Å². The van der Waals surface area contributed by atoms with Crippen LogP contribution in [0.4, 0.5) is 11.6 Å². The number of hydrogen-bond donors (Lipinski definition) is 1. The van der Waals surface area contributed by atoms with Crippen LogP contribution in [0.3, 0.4) is 0 Å². The fourth-order valence-corrected chi connectivity index (χ4v) is 1.33. The second kappa shape index (κ2) is 4.14. The van der Waals surface area contributed by atoms with Gasteiger partial charge in [-0.25, -0.2) is 15.0 Å². The van der Waals surface area contributed by atoms with Gasteiger partial charge in [-0.3, -0.25) is 0 Å². The minimum Gasteiger partial charge on any atom is -0.384 e. The van der Waals surface area contributed by atoms with Crippen molar-refractivity contribution in [2.45, 2.75) is 0 Å². The Bertz CT molecular complexity index is 478. The lowest BCUT2D eigenvalue weighted by Gasteiger charge is -2.10. The molecular weight excluding hydrogens is 202 g/mol. The summed E-state index contributed by atoms with van der Waals surface area (Å²) in [6, 6.07) is 5.63. The molecule has 0 aliphatic heterocycles. The Morgan fingerprint density at radius 3 is 2.50 bits per heavy atom. The Morgan fingerprint density at radius 1 is 1.12 bits per heavy atom. The molecule has 0 amide bonds. The Labute approximate surface area is 94.0 Å². The molecule has 0 atom stereocenters. The number of rotatable bonds is 2. The van der Waals surface area contributed by atoms with Crippen molar-refractivity contribution in [3.05, 3.63) is 30.7 Å². The van der Waals surface area contributed by atoms with E-state index < -0.39 is 0 Å². The summed E-state index contributed by atoms with van der Waals surface area (Å²) in [5.74, 6) is 1.37. The molecule has 5 heteroatoms. The van der Waals surface area contributed by atoms with Crippen LogP contribution in [0, 0.1) is 0 Å². The third-order valence-corrected chi connectivity index (χ3v) is 2.19. The van der Waals surface area contributed by atoms with Gasteiger partial charge in [-0.15, -0.1) is 0 Å². The predicted octanol–water partition coefficient (Wildman–Crippen LogP) is 1.19. The van der Waals surface area contributed by atoms with Crippen molar-refractivity contribution in [3.8, 4) is 11.3 Å². The Hall–Kier alpha value is -2.17. The van der Waals surface area contributed by atoms with Gasteiger partial charge in [0, 0.05) is 31.9 Å². The summed E-state index contributed by atoms with van der Waals surface area (Å²) < 4.78 is 0. The summed E-state index contributed by atoms with van der Waals surface area (Å²) in [7, 11) is 3.90. The predicted molar refractivity (Wildman–Crippen MR) is 64.0 cm³/mol. The maximum atomic E-state index is 5.59. The van der Waals surface area contributed by atoms with Crippen molar-refractivity contribution in [3.63, 3.8) is 0 Å². The molecule has 0 unspecified atom stereocenters. The number of anilines is 2. The summed E-state index contributed by atoms with van der Waals surface area (Å²) in [5, 5.41) is 0. The standard InChI is InChI=1S/C11H13N5/c1-16(2)11-4-3-8(6-13-11)9-5-10(12)15-7-14-9/h3-7H,1-2H3,(H2,12,14,15). The minimum absolute atomic E-state index is 0.460. The number of aromatic nitrogens is 3. The zero-order chi connectivity index (χ0) is 11.5. The highest BCUT2D eigenvalue weighted by atomic mass is 15.1. The molecule has 0 fully saturated rings. The van der Waals surface area contributed by atoms with E-state index in [1.165, 1.54) is 6.33 Å². The van der Waals surface area contributed by atoms with Gasteiger partial charge < -0.3 is 10.6 Å².